The summed E-state index contributed by atoms with van der Waals surface area (Å²) in [6.07, 6.45) is 6.80. The van der Waals surface area contributed by atoms with Gasteiger partial charge in [0.05, 0.1) is 0 Å². The van der Waals surface area contributed by atoms with Gasteiger partial charge in [-0.05, 0) is 36.6 Å². The number of piperidine rings is 1. The smallest absolute Gasteiger partial charge is 0.193 e. The predicted octanol–water partition coefficient (Wildman–Crippen LogP) is 3.30. The molecule has 4 rings (SSSR count). The van der Waals surface area contributed by atoms with Gasteiger partial charge in [-0.15, -0.1) is 0 Å². The second-order valence-corrected chi connectivity index (χ2v) is 7.74. The molecule has 6 heteroatoms. The van der Waals surface area contributed by atoms with Crippen LogP contribution in [0.4, 0.5) is 5.82 Å². The van der Waals surface area contributed by atoms with Gasteiger partial charge in [-0.2, -0.15) is 0 Å². The van der Waals surface area contributed by atoms with Gasteiger partial charge in [0, 0.05) is 58.8 Å². The Balaban J connectivity index is 1.24. The zero-order valence-corrected chi connectivity index (χ0v) is 17.3. The molecule has 154 valence electrons. The van der Waals surface area contributed by atoms with Crippen LogP contribution in [0.2, 0.25) is 0 Å². The molecule has 2 aliphatic heterocycles. The van der Waals surface area contributed by atoms with Crippen LogP contribution < -0.4 is 15.0 Å². The molecular weight excluding hydrogens is 362 g/mol. The number of hydrogen-bond acceptors (Lipinski definition) is 4. The van der Waals surface area contributed by atoms with E-state index < -0.39 is 0 Å². The quantitative estimate of drug-likeness (QED) is 0.624. The van der Waals surface area contributed by atoms with Crippen molar-refractivity contribution in [3.63, 3.8) is 0 Å². The van der Waals surface area contributed by atoms with Crippen molar-refractivity contribution in [2.75, 3.05) is 38.1 Å². The van der Waals surface area contributed by atoms with E-state index in [0.29, 0.717) is 0 Å². The van der Waals surface area contributed by atoms with E-state index in [1.807, 2.05) is 43.6 Å². The number of aliphatic imine (C=N–C) groups is 1. The van der Waals surface area contributed by atoms with Crippen LogP contribution in [0.5, 0.6) is 5.75 Å². The molecule has 0 saturated carbocycles. The molecule has 2 fully saturated rings. The monoisotopic (exact) mass is 393 g/mol. The van der Waals surface area contributed by atoms with E-state index >= 15 is 0 Å². The van der Waals surface area contributed by atoms with Crippen LogP contribution in [0, 0.1) is 0 Å². The number of nitrogens with zero attached hydrogens (tertiary/aromatic N) is 4. The summed E-state index contributed by atoms with van der Waals surface area (Å²) in [4.78, 5) is 13.8. The SMILES string of the molecule is CN=C(NCc1ccc(N2CCCC2)nc1)N1CCC(Oc2ccccc2)CC1. The number of ether oxygens (including phenoxy) is 1. The molecule has 0 radical (unpaired) electrons. The molecule has 0 unspecified atom stereocenters. The Morgan fingerprint density at radius 3 is 2.48 bits per heavy atom. The van der Waals surface area contributed by atoms with E-state index in [1.165, 1.54) is 18.4 Å². The molecule has 2 saturated heterocycles. The first-order valence-corrected chi connectivity index (χ1v) is 10.7. The summed E-state index contributed by atoms with van der Waals surface area (Å²) in [5.74, 6) is 3.00. The number of guanidine groups is 1. The first-order valence-electron chi connectivity index (χ1n) is 10.7. The maximum Gasteiger partial charge on any atom is 0.193 e. The summed E-state index contributed by atoms with van der Waals surface area (Å²) in [6, 6.07) is 14.4. The highest BCUT2D eigenvalue weighted by molar-refractivity contribution is 5.80. The Kier molecular flexibility index (Phi) is 6.49. The lowest BCUT2D eigenvalue weighted by Gasteiger charge is -2.34. The normalized spacial score (nSPS) is 18.2. The fourth-order valence-electron chi connectivity index (χ4n) is 4.04. The number of rotatable bonds is 5. The van der Waals surface area contributed by atoms with Crippen molar-refractivity contribution in [3.05, 3.63) is 54.2 Å². The zero-order valence-electron chi connectivity index (χ0n) is 17.3. The highest BCUT2D eigenvalue weighted by Crippen LogP contribution is 2.19. The molecule has 1 aromatic heterocycles. The van der Waals surface area contributed by atoms with Gasteiger partial charge in [-0.25, -0.2) is 4.98 Å². The minimum absolute atomic E-state index is 0.272. The Bertz CT molecular complexity index is 779. The number of para-hydroxylation sites is 1. The van der Waals surface area contributed by atoms with E-state index in [4.69, 9.17) is 4.74 Å². The lowest BCUT2D eigenvalue weighted by Crippen LogP contribution is -2.47. The van der Waals surface area contributed by atoms with Crippen LogP contribution in [-0.2, 0) is 6.54 Å². The molecule has 0 atom stereocenters. The number of anilines is 1. The second-order valence-electron chi connectivity index (χ2n) is 7.74. The van der Waals surface area contributed by atoms with Crippen molar-refractivity contribution in [2.24, 2.45) is 4.99 Å². The van der Waals surface area contributed by atoms with Crippen molar-refractivity contribution in [1.82, 2.24) is 15.2 Å². The second kappa shape index (κ2) is 9.63. The van der Waals surface area contributed by atoms with Crippen molar-refractivity contribution in [1.29, 1.82) is 0 Å². The van der Waals surface area contributed by atoms with Crippen LogP contribution in [-0.4, -0.2) is 55.2 Å². The lowest BCUT2D eigenvalue weighted by molar-refractivity contribution is 0.129. The van der Waals surface area contributed by atoms with Crippen molar-refractivity contribution in [3.8, 4) is 5.75 Å². The number of pyridine rings is 1. The van der Waals surface area contributed by atoms with Gasteiger partial charge in [-0.3, -0.25) is 4.99 Å². The zero-order chi connectivity index (χ0) is 19.9. The van der Waals surface area contributed by atoms with E-state index in [2.05, 4.69) is 37.2 Å². The number of likely N-dealkylation sites (tertiary alicyclic amines) is 1. The van der Waals surface area contributed by atoms with Crippen LogP contribution in [0.3, 0.4) is 0 Å². The van der Waals surface area contributed by atoms with Gasteiger partial charge in [0.1, 0.15) is 17.7 Å². The molecule has 2 aliphatic rings. The van der Waals surface area contributed by atoms with Crippen LogP contribution >= 0.6 is 0 Å². The van der Waals surface area contributed by atoms with Crippen molar-refractivity contribution >= 4 is 11.8 Å². The summed E-state index contributed by atoms with van der Waals surface area (Å²) in [7, 11) is 1.85. The van der Waals surface area contributed by atoms with Gasteiger partial charge in [0.2, 0.25) is 0 Å². The first-order chi connectivity index (χ1) is 14.3. The van der Waals surface area contributed by atoms with E-state index in [-0.39, 0.29) is 6.10 Å². The average Bonchev–Trinajstić information content (AvgIpc) is 3.31. The van der Waals surface area contributed by atoms with E-state index in [9.17, 15) is 0 Å². The maximum atomic E-state index is 6.10. The molecule has 1 aromatic carbocycles. The molecule has 6 nitrogen and oxygen atoms in total. The molecule has 29 heavy (non-hydrogen) atoms. The third kappa shape index (κ3) is 5.19. The molecule has 0 amide bonds. The average molecular weight is 394 g/mol. The van der Waals surface area contributed by atoms with Gasteiger partial charge < -0.3 is 19.9 Å². The van der Waals surface area contributed by atoms with Gasteiger partial charge in [-0.1, -0.05) is 24.3 Å². The van der Waals surface area contributed by atoms with Crippen LogP contribution in [0.1, 0.15) is 31.2 Å². The molecular formula is C23H31N5O. The fraction of sp³-hybridized carbons (Fsp3) is 0.478. The molecule has 0 spiro atoms. The summed E-state index contributed by atoms with van der Waals surface area (Å²) in [5.41, 5.74) is 1.18. The summed E-state index contributed by atoms with van der Waals surface area (Å²) < 4.78 is 6.10. The molecule has 0 bridgehead atoms. The lowest BCUT2D eigenvalue weighted by atomic mass is 10.1. The highest BCUT2D eigenvalue weighted by atomic mass is 16.5. The fourth-order valence-corrected chi connectivity index (χ4v) is 4.04. The Labute approximate surface area is 173 Å². The number of nitrogens with one attached hydrogen (secondary N) is 1. The Hall–Kier alpha value is -2.76. The van der Waals surface area contributed by atoms with E-state index in [1.54, 1.807) is 0 Å². The third-order valence-corrected chi connectivity index (χ3v) is 5.69. The molecule has 3 heterocycles. The summed E-state index contributed by atoms with van der Waals surface area (Å²) in [5, 5.41) is 3.49. The maximum absolute atomic E-state index is 6.10. The van der Waals surface area contributed by atoms with Crippen LogP contribution in [0.25, 0.3) is 0 Å². The topological polar surface area (TPSA) is 53.0 Å². The van der Waals surface area contributed by atoms with Crippen molar-refractivity contribution in [2.45, 2.75) is 38.3 Å². The van der Waals surface area contributed by atoms with Gasteiger partial charge >= 0.3 is 0 Å². The largest absolute Gasteiger partial charge is 0.490 e. The standard InChI is InChI=1S/C23H31N5O/c1-24-23(26-18-19-9-10-22(25-17-19)27-13-5-6-14-27)28-15-11-21(12-16-28)29-20-7-3-2-4-8-20/h2-4,7-10,17,21H,5-6,11-16,18H2,1H3,(H,24,26). The van der Waals surface area contributed by atoms with Gasteiger partial charge in [0.25, 0.3) is 0 Å². The third-order valence-electron chi connectivity index (χ3n) is 5.69. The summed E-state index contributed by atoms with van der Waals surface area (Å²) in [6.45, 7) is 4.88. The Morgan fingerprint density at radius 1 is 1.07 bits per heavy atom. The minimum atomic E-state index is 0.272. The molecule has 0 aliphatic carbocycles. The predicted molar refractivity (Wildman–Crippen MR) is 118 cm³/mol. The van der Waals surface area contributed by atoms with Crippen molar-refractivity contribution < 1.29 is 4.74 Å². The Morgan fingerprint density at radius 2 is 1.83 bits per heavy atom. The number of hydrogen-bond donors (Lipinski definition) is 1. The highest BCUT2D eigenvalue weighted by Gasteiger charge is 2.22. The number of benzene rings is 1. The molecule has 2 aromatic rings. The minimum Gasteiger partial charge on any atom is -0.490 e. The van der Waals surface area contributed by atoms with Gasteiger partial charge in [0.15, 0.2) is 5.96 Å². The van der Waals surface area contributed by atoms with Crippen LogP contribution in [0.15, 0.2) is 53.7 Å². The summed E-state index contributed by atoms with van der Waals surface area (Å²) >= 11 is 0. The molecule has 1 N–H and O–H groups in total. The number of aromatic nitrogens is 1. The first kappa shape index (κ1) is 19.6. The van der Waals surface area contributed by atoms with E-state index in [0.717, 1.165) is 63.1 Å².